The summed E-state index contributed by atoms with van der Waals surface area (Å²) in [5.74, 6) is 1.94. The van der Waals surface area contributed by atoms with Gasteiger partial charge in [0.15, 0.2) is 0 Å². The number of hydrogen-bond acceptors (Lipinski definition) is 3. The van der Waals surface area contributed by atoms with E-state index in [1.54, 1.807) is 12.3 Å². The van der Waals surface area contributed by atoms with Crippen LogP contribution in [0.15, 0.2) is 12.3 Å². The second kappa shape index (κ2) is 5.89. The van der Waals surface area contributed by atoms with Crippen molar-refractivity contribution in [3.63, 3.8) is 0 Å². The molecule has 100 valence electrons. The third-order valence-corrected chi connectivity index (χ3v) is 4.15. The molecular formula is C14H20ClNO2. The summed E-state index contributed by atoms with van der Waals surface area (Å²) in [6.07, 6.45) is 5.13. The minimum absolute atomic E-state index is 0.0506. The highest BCUT2D eigenvalue weighted by Gasteiger charge is 2.26. The summed E-state index contributed by atoms with van der Waals surface area (Å²) >= 11 is 6.09. The van der Waals surface area contributed by atoms with Crippen LogP contribution in [0.1, 0.15) is 38.7 Å². The van der Waals surface area contributed by atoms with Crippen molar-refractivity contribution in [2.75, 3.05) is 0 Å². The maximum Gasteiger partial charge on any atom is 0.232 e. The second-order valence-electron chi connectivity index (χ2n) is 5.30. The molecule has 1 aromatic rings. The molecule has 0 amide bonds. The number of nitrogens with zero attached hydrogens (tertiary/aromatic N) is 1. The summed E-state index contributed by atoms with van der Waals surface area (Å²) in [6, 6.07) is 1.71. The molecule has 3 atom stereocenters. The minimum atomic E-state index is -0.0506. The zero-order chi connectivity index (χ0) is 13.1. The van der Waals surface area contributed by atoms with Gasteiger partial charge in [0.25, 0.3) is 0 Å². The van der Waals surface area contributed by atoms with Crippen molar-refractivity contribution >= 4 is 11.6 Å². The standard InChI is InChI=1S/C14H20ClNO2/c1-9-3-4-12(5-10(9)2)18-14-13(15)6-11(8-17)7-16-14/h6-7,9-10,12,17H,3-5,8H2,1-2H3. The molecule has 0 aromatic carbocycles. The third-order valence-electron chi connectivity index (χ3n) is 3.87. The van der Waals surface area contributed by atoms with Crippen molar-refractivity contribution in [3.05, 3.63) is 22.8 Å². The zero-order valence-corrected chi connectivity index (χ0v) is 11.7. The Morgan fingerprint density at radius 1 is 1.39 bits per heavy atom. The van der Waals surface area contributed by atoms with E-state index in [0.29, 0.717) is 22.4 Å². The second-order valence-corrected chi connectivity index (χ2v) is 5.70. The van der Waals surface area contributed by atoms with Gasteiger partial charge in [0.1, 0.15) is 11.1 Å². The fourth-order valence-corrected chi connectivity index (χ4v) is 2.63. The Balaban J connectivity index is 2.01. The number of aliphatic hydroxyl groups is 1. The van der Waals surface area contributed by atoms with Gasteiger partial charge in [-0.2, -0.15) is 0 Å². The largest absolute Gasteiger partial charge is 0.473 e. The molecule has 1 aromatic heterocycles. The number of ether oxygens (including phenoxy) is 1. The van der Waals surface area contributed by atoms with Crippen molar-refractivity contribution < 1.29 is 9.84 Å². The molecule has 2 rings (SSSR count). The summed E-state index contributed by atoms with van der Waals surface area (Å²) in [4.78, 5) is 4.17. The Kier molecular flexibility index (Phi) is 4.46. The van der Waals surface area contributed by atoms with Gasteiger partial charge < -0.3 is 9.84 Å². The van der Waals surface area contributed by atoms with Crippen LogP contribution in [0.5, 0.6) is 5.88 Å². The van der Waals surface area contributed by atoms with Crippen LogP contribution in [0.25, 0.3) is 0 Å². The molecule has 0 aliphatic heterocycles. The van der Waals surface area contributed by atoms with Crippen molar-refractivity contribution in [1.29, 1.82) is 0 Å². The van der Waals surface area contributed by atoms with Crippen LogP contribution in [0.4, 0.5) is 0 Å². The van der Waals surface area contributed by atoms with Gasteiger partial charge >= 0.3 is 0 Å². The molecule has 4 heteroatoms. The van der Waals surface area contributed by atoms with E-state index in [9.17, 15) is 0 Å². The zero-order valence-electron chi connectivity index (χ0n) is 10.9. The van der Waals surface area contributed by atoms with Gasteiger partial charge in [-0.3, -0.25) is 0 Å². The van der Waals surface area contributed by atoms with E-state index >= 15 is 0 Å². The predicted molar refractivity (Wildman–Crippen MR) is 71.8 cm³/mol. The van der Waals surface area contributed by atoms with E-state index in [1.165, 1.54) is 6.42 Å². The molecule has 1 fully saturated rings. The SMILES string of the molecule is CC1CCC(Oc2ncc(CO)cc2Cl)CC1C. The number of aromatic nitrogens is 1. The summed E-state index contributed by atoms with van der Waals surface area (Å²) in [7, 11) is 0. The molecule has 3 unspecified atom stereocenters. The van der Waals surface area contributed by atoms with Gasteiger partial charge in [0.05, 0.1) is 6.61 Å². The first-order chi connectivity index (χ1) is 8.60. The lowest BCUT2D eigenvalue weighted by atomic mass is 9.80. The van der Waals surface area contributed by atoms with Crippen molar-refractivity contribution in [1.82, 2.24) is 4.98 Å². The average Bonchev–Trinajstić information content (AvgIpc) is 2.36. The van der Waals surface area contributed by atoms with Gasteiger partial charge in [-0.05, 0) is 42.7 Å². The molecule has 3 nitrogen and oxygen atoms in total. The molecular weight excluding hydrogens is 250 g/mol. The molecule has 0 saturated heterocycles. The van der Waals surface area contributed by atoms with Crippen LogP contribution >= 0.6 is 11.6 Å². The Morgan fingerprint density at radius 3 is 2.78 bits per heavy atom. The molecule has 1 aliphatic rings. The van der Waals surface area contributed by atoms with Crippen LogP contribution in [-0.2, 0) is 6.61 Å². The minimum Gasteiger partial charge on any atom is -0.473 e. The molecule has 0 spiro atoms. The smallest absolute Gasteiger partial charge is 0.232 e. The molecule has 18 heavy (non-hydrogen) atoms. The lowest BCUT2D eigenvalue weighted by Gasteiger charge is -2.32. The Hall–Kier alpha value is -0.800. The lowest BCUT2D eigenvalue weighted by molar-refractivity contribution is 0.0965. The average molecular weight is 270 g/mol. The van der Waals surface area contributed by atoms with Gasteiger partial charge in [-0.15, -0.1) is 0 Å². The van der Waals surface area contributed by atoms with Crippen molar-refractivity contribution in [2.45, 2.75) is 45.8 Å². The molecule has 1 saturated carbocycles. The van der Waals surface area contributed by atoms with Crippen LogP contribution in [0, 0.1) is 11.8 Å². The van der Waals surface area contributed by atoms with Crippen LogP contribution in [0.3, 0.4) is 0 Å². The van der Waals surface area contributed by atoms with E-state index < -0.39 is 0 Å². The summed E-state index contributed by atoms with van der Waals surface area (Å²) < 4.78 is 5.88. The Labute approximate surface area is 113 Å². The van der Waals surface area contributed by atoms with Crippen molar-refractivity contribution in [3.8, 4) is 5.88 Å². The molecule has 1 heterocycles. The highest BCUT2D eigenvalue weighted by molar-refractivity contribution is 6.31. The Morgan fingerprint density at radius 2 is 2.17 bits per heavy atom. The highest BCUT2D eigenvalue weighted by atomic mass is 35.5. The van der Waals surface area contributed by atoms with Crippen LogP contribution < -0.4 is 4.74 Å². The first-order valence-corrected chi connectivity index (χ1v) is 6.90. The van der Waals surface area contributed by atoms with E-state index in [-0.39, 0.29) is 12.7 Å². The van der Waals surface area contributed by atoms with Gasteiger partial charge in [0, 0.05) is 6.20 Å². The van der Waals surface area contributed by atoms with E-state index in [1.807, 2.05) is 0 Å². The highest BCUT2D eigenvalue weighted by Crippen LogP contribution is 2.33. The third kappa shape index (κ3) is 3.15. The lowest BCUT2D eigenvalue weighted by Crippen LogP contribution is -2.29. The normalized spacial score (nSPS) is 28.1. The fraction of sp³-hybridized carbons (Fsp3) is 0.643. The van der Waals surface area contributed by atoms with Crippen molar-refractivity contribution in [2.24, 2.45) is 11.8 Å². The van der Waals surface area contributed by atoms with E-state index in [2.05, 4.69) is 18.8 Å². The first kappa shape index (κ1) is 13.6. The molecule has 1 aliphatic carbocycles. The number of pyridine rings is 1. The maximum absolute atomic E-state index is 9.00. The van der Waals surface area contributed by atoms with E-state index in [4.69, 9.17) is 21.4 Å². The van der Waals surface area contributed by atoms with Crippen LogP contribution in [-0.4, -0.2) is 16.2 Å². The predicted octanol–water partition coefficient (Wildman–Crippen LogP) is 3.43. The summed E-state index contributed by atoms with van der Waals surface area (Å²) in [5.41, 5.74) is 0.706. The number of rotatable bonds is 3. The number of aliphatic hydroxyl groups excluding tert-OH is 1. The summed E-state index contributed by atoms with van der Waals surface area (Å²) in [6.45, 7) is 4.51. The van der Waals surface area contributed by atoms with Gasteiger partial charge in [-0.1, -0.05) is 25.4 Å². The molecule has 1 N–H and O–H groups in total. The maximum atomic E-state index is 9.00. The number of hydrogen-bond donors (Lipinski definition) is 1. The van der Waals surface area contributed by atoms with Crippen LogP contribution in [0.2, 0.25) is 5.02 Å². The fourth-order valence-electron chi connectivity index (χ4n) is 2.40. The summed E-state index contributed by atoms with van der Waals surface area (Å²) in [5, 5.41) is 9.48. The molecule has 0 bridgehead atoms. The monoisotopic (exact) mass is 269 g/mol. The molecule has 0 radical (unpaired) electrons. The van der Waals surface area contributed by atoms with Gasteiger partial charge in [-0.25, -0.2) is 4.98 Å². The van der Waals surface area contributed by atoms with Gasteiger partial charge in [0.2, 0.25) is 5.88 Å². The van der Waals surface area contributed by atoms with E-state index in [0.717, 1.165) is 18.8 Å². The number of halogens is 1. The quantitative estimate of drug-likeness (QED) is 0.914. The first-order valence-electron chi connectivity index (χ1n) is 6.52. The topological polar surface area (TPSA) is 42.4 Å². The Bertz CT molecular complexity index is 411.